The second kappa shape index (κ2) is 7.49. The summed E-state index contributed by atoms with van der Waals surface area (Å²) in [5, 5.41) is 2.11. The van der Waals surface area contributed by atoms with E-state index in [9.17, 15) is 24.0 Å². The molecule has 0 spiro atoms. The van der Waals surface area contributed by atoms with Crippen molar-refractivity contribution in [3.05, 3.63) is 29.3 Å². The molecule has 0 bridgehead atoms. The van der Waals surface area contributed by atoms with Gasteiger partial charge in [0.25, 0.3) is 5.91 Å². The molecule has 1 N–H and O–H groups in total. The Balaban J connectivity index is 2.28. The highest BCUT2D eigenvalue weighted by Gasteiger charge is 2.35. The summed E-state index contributed by atoms with van der Waals surface area (Å²) in [5.41, 5.74) is 0.624. The van der Waals surface area contributed by atoms with Crippen LogP contribution >= 0.6 is 0 Å². The number of hydrogen-bond acceptors (Lipinski definition) is 6. The normalized spacial score (nSPS) is 17.0. The largest absolute Gasteiger partial charge is 0.486 e. The lowest BCUT2D eigenvalue weighted by molar-refractivity contribution is -0.139. The molecule has 0 radical (unpaired) electrons. The van der Waals surface area contributed by atoms with E-state index in [1.165, 1.54) is 6.07 Å². The topological polar surface area (TPSA) is 110 Å². The molecule has 126 valence electrons. The zero-order valence-corrected chi connectivity index (χ0v) is 13.0. The predicted molar refractivity (Wildman–Crippen MR) is 81.1 cm³/mol. The highest BCUT2D eigenvalue weighted by molar-refractivity contribution is 6.07. The van der Waals surface area contributed by atoms with E-state index in [1.54, 1.807) is 19.1 Å². The Morgan fingerprint density at radius 2 is 2.12 bits per heavy atom. The molecular weight excluding hydrogens is 316 g/mol. The summed E-state index contributed by atoms with van der Waals surface area (Å²) in [6.07, 6.45) is 0.987. The van der Waals surface area contributed by atoms with Crippen molar-refractivity contribution in [2.24, 2.45) is 0 Å². The first-order valence-corrected chi connectivity index (χ1v) is 7.27. The van der Waals surface area contributed by atoms with Crippen molar-refractivity contribution in [2.45, 2.75) is 25.8 Å². The number of hydrogen-bond donors (Lipinski definition) is 1. The fraction of sp³-hybridized carbons (Fsp3) is 0.312. The molecule has 8 nitrogen and oxygen atoms in total. The van der Waals surface area contributed by atoms with Gasteiger partial charge in [0, 0.05) is 17.5 Å². The lowest BCUT2D eigenvalue weighted by atomic mass is 10.0. The Morgan fingerprint density at radius 3 is 2.75 bits per heavy atom. The summed E-state index contributed by atoms with van der Waals surface area (Å²) in [4.78, 5) is 58.3. The standard InChI is InChI=1S/C16H16N2O6/c1-10-11(3-2-4-13(10)24-8-7-19)16(23)18(9-20)12-5-6-14(21)17-15(12)22/h2-4,7,9,12H,5-6,8H2,1H3,(H,17,21,22). The van der Waals surface area contributed by atoms with Gasteiger partial charge in [-0.15, -0.1) is 0 Å². The molecule has 2 rings (SSSR count). The molecule has 1 fully saturated rings. The lowest BCUT2D eigenvalue weighted by Crippen LogP contribution is -2.53. The Morgan fingerprint density at radius 1 is 1.38 bits per heavy atom. The number of nitrogens with one attached hydrogen (secondary N) is 1. The van der Waals surface area contributed by atoms with E-state index in [-0.39, 0.29) is 31.4 Å². The first-order chi connectivity index (χ1) is 11.5. The summed E-state index contributed by atoms with van der Waals surface area (Å²) in [5.74, 6) is -1.46. The summed E-state index contributed by atoms with van der Waals surface area (Å²) in [6, 6.07) is 3.60. The summed E-state index contributed by atoms with van der Waals surface area (Å²) in [6.45, 7) is 1.45. The number of imide groups is 2. The molecule has 0 saturated carbocycles. The molecule has 1 aliphatic rings. The minimum absolute atomic E-state index is 0.0511. The summed E-state index contributed by atoms with van der Waals surface area (Å²) in [7, 11) is 0. The van der Waals surface area contributed by atoms with Crippen LogP contribution in [0.4, 0.5) is 0 Å². The highest BCUT2D eigenvalue weighted by atomic mass is 16.5. The third-order valence-corrected chi connectivity index (χ3v) is 3.72. The Hall–Kier alpha value is -3.03. The molecule has 8 heteroatoms. The molecular formula is C16H16N2O6. The second-order valence-electron chi connectivity index (χ2n) is 5.19. The monoisotopic (exact) mass is 332 g/mol. The molecule has 1 aromatic carbocycles. The van der Waals surface area contributed by atoms with Gasteiger partial charge in [0.1, 0.15) is 18.4 Å². The first-order valence-electron chi connectivity index (χ1n) is 7.27. The smallest absolute Gasteiger partial charge is 0.261 e. The van der Waals surface area contributed by atoms with Crippen molar-refractivity contribution in [3.8, 4) is 5.75 Å². The van der Waals surface area contributed by atoms with E-state index in [0.717, 1.165) is 4.90 Å². The number of carbonyl (C=O) groups is 5. The van der Waals surface area contributed by atoms with Crippen LogP contribution in [0.25, 0.3) is 0 Å². The predicted octanol–water partition coefficient (Wildman–Crippen LogP) is -0.0235. The first kappa shape index (κ1) is 17.3. The number of ether oxygens (including phenoxy) is 1. The van der Waals surface area contributed by atoms with Gasteiger partial charge in [-0.1, -0.05) is 6.07 Å². The van der Waals surface area contributed by atoms with Crippen molar-refractivity contribution in [1.82, 2.24) is 10.2 Å². The second-order valence-corrected chi connectivity index (χ2v) is 5.19. The molecule has 1 aromatic rings. The number of benzene rings is 1. The van der Waals surface area contributed by atoms with Gasteiger partial charge < -0.3 is 4.74 Å². The minimum Gasteiger partial charge on any atom is -0.486 e. The molecule has 1 aliphatic heterocycles. The van der Waals surface area contributed by atoms with Crippen molar-refractivity contribution in [3.63, 3.8) is 0 Å². The highest BCUT2D eigenvalue weighted by Crippen LogP contribution is 2.24. The van der Waals surface area contributed by atoms with Crippen molar-refractivity contribution in [2.75, 3.05) is 6.61 Å². The van der Waals surface area contributed by atoms with Crippen LogP contribution in [0.1, 0.15) is 28.8 Å². The van der Waals surface area contributed by atoms with Gasteiger partial charge >= 0.3 is 0 Å². The number of rotatable bonds is 6. The summed E-state index contributed by atoms with van der Waals surface area (Å²) < 4.78 is 5.22. The molecule has 24 heavy (non-hydrogen) atoms. The van der Waals surface area contributed by atoms with Crippen molar-refractivity contribution in [1.29, 1.82) is 0 Å². The molecule has 0 aromatic heterocycles. The fourth-order valence-corrected chi connectivity index (χ4v) is 2.48. The zero-order chi connectivity index (χ0) is 17.7. The molecule has 1 saturated heterocycles. The Bertz CT molecular complexity index is 700. The zero-order valence-electron chi connectivity index (χ0n) is 13.0. The van der Waals surface area contributed by atoms with Crippen LogP contribution in [0, 0.1) is 6.92 Å². The van der Waals surface area contributed by atoms with E-state index < -0.39 is 23.8 Å². The number of piperidine rings is 1. The number of aldehydes is 1. The Labute approximate surface area is 137 Å². The van der Waals surface area contributed by atoms with Crippen molar-refractivity contribution < 1.29 is 28.7 Å². The Kier molecular flexibility index (Phi) is 5.41. The van der Waals surface area contributed by atoms with Crippen LogP contribution in [-0.4, -0.2) is 48.0 Å². The quantitative estimate of drug-likeness (QED) is 0.579. The number of nitrogens with zero attached hydrogens (tertiary/aromatic N) is 1. The van der Waals surface area contributed by atoms with E-state index in [0.29, 0.717) is 17.6 Å². The SMILES string of the molecule is Cc1c(OCC=O)cccc1C(=O)N(C=O)C1CCC(=O)NC1=O. The lowest BCUT2D eigenvalue weighted by Gasteiger charge is -2.28. The molecule has 1 atom stereocenters. The van der Waals surface area contributed by atoms with Crippen LogP contribution in [0.3, 0.4) is 0 Å². The molecule has 4 amide bonds. The number of carbonyl (C=O) groups excluding carboxylic acids is 5. The summed E-state index contributed by atoms with van der Waals surface area (Å²) >= 11 is 0. The van der Waals surface area contributed by atoms with Crippen LogP contribution in [0.15, 0.2) is 18.2 Å². The van der Waals surface area contributed by atoms with Gasteiger partial charge in [0.05, 0.1) is 0 Å². The van der Waals surface area contributed by atoms with Crippen molar-refractivity contribution >= 4 is 30.4 Å². The van der Waals surface area contributed by atoms with Gasteiger partial charge in [0.2, 0.25) is 18.2 Å². The average Bonchev–Trinajstić information content (AvgIpc) is 2.56. The van der Waals surface area contributed by atoms with Gasteiger partial charge in [-0.05, 0) is 25.5 Å². The third-order valence-electron chi connectivity index (χ3n) is 3.72. The molecule has 0 aliphatic carbocycles. The van der Waals surface area contributed by atoms with Gasteiger partial charge in [0.15, 0.2) is 6.29 Å². The average molecular weight is 332 g/mol. The van der Waals surface area contributed by atoms with Gasteiger partial charge in [-0.2, -0.15) is 0 Å². The van der Waals surface area contributed by atoms with Gasteiger partial charge in [-0.3, -0.25) is 34.2 Å². The third kappa shape index (κ3) is 3.48. The maximum absolute atomic E-state index is 12.7. The molecule has 1 unspecified atom stereocenters. The van der Waals surface area contributed by atoms with E-state index >= 15 is 0 Å². The molecule has 1 heterocycles. The van der Waals surface area contributed by atoms with E-state index in [2.05, 4.69) is 5.32 Å². The van der Waals surface area contributed by atoms with Crippen LogP contribution in [-0.2, 0) is 19.2 Å². The fourth-order valence-electron chi connectivity index (χ4n) is 2.48. The van der Waals surface area contributed by atoms with Crippen LogP contribution in [0.2, 0.25) is 0 Å². The van der Waals surface area contributed by atoms with E-state index in [4.69, 9.17) is 4.74 Å². The van der Waals surface area contributed by atoms with Crippen LogP contribution in [0.5, 0.6) is 5.75 Å². The van der Waals surface area contributed by atoms with Crippen LogP contribution < -0.4 is 10.1 Å². The van der Waals surface area contributed by atoms with E-state index in [1.807, 2.05) is 0 Å². The number of amides is 4. The minimum atomic E-state index is -1.04. The maximum Gasteiger partial charge on any atom is 0.261 e. The van der Waals surface area contributed by atoms with Gasteiger partial charge in [-0.25, -0.2) is 0 Å². The maximum atomic E-state index is 12.7.